The van der Waals surface area contributed by atoms with Crippen molar-refractivity contribution < 1.29 is 9.53 Å². The minimum atomic E-state index is 0.224. The van der Waals surface area contributed by atoms with Crippen LogP contribution in [-0.2, 0) is 10.5 Å². The maximum Gasteiger partial charge on any atom is 0.232 e. The lowest BCUT2D eigenvalue weighted by molar-refractivity contribution is -0.128. The number of rotatable bonds is 6. The topological polar surface area (TPSA) is 32.8 Å². The normalized spacial score (nSPS) is 14.4. The van der Waals surface area contributed by atoms with E-state index in [1.165, 1.54) is 5.56 Å². The molecule has 0 spiro atoms. The molecule has 0 aromatic heterocycles. The van der Waals surface area contributed by atoms with Crippen molar-refractivity contribution in [3.05, 3.63) is 58.6 Å². The summed E-state index contributed by atoms with van der Waals surface area (Å²) in [6, 6.07) is 16.2. The lowest BCUT2D eigenvalue weighted by atomic mass is 10.2. The Hall–Kier alpha value is -1.66. The molecule has 6 heteroatoms. The molecule has 1 aliphatic heterocycles. The van der Waals surface area contributed by atoms with Gasteiger partial charge >= 0.3 is 0 Å². The fourth-order valence-electron chi connectivity index (χ4n) is 3.04. The van der Waals surface area contributed by atoms with Gasteiger partial charge in [0.15, 0.2) is 0 Å². The highest BCUT2D eigenvalue weighted by Gasteiger charge is 2.22. The van der Waals surface area contributed by atoms with Gasteiger partial charge in [-0.2, -0.15) is 0 Å². The Labute approximate surface area is 167 Å². The van der Waals surface area contributed by atoms with Gasteiger partial charge in [-0.3, -0.25) is 4.79 Å². The zero-order valence-electron chi connectivity index (χ0n) is 14.9. The average molecular weight is 435 g/mol. The third-order valence-electron chi connectivity index (χ3n) is 4.50. The summed E-state index contributed by atoms with van der Waals surface area (Å²) in [5, 5.41) is 0. The number of methoxy groups -OCH3 is 1. The van der Waals surface area contributed by atoms with Gasteiger partial charge in [0.25, 0.3) is 0 Å². The van der Waals surface area contributed by atoms with Gasteiger partial charge in [0.2, 0.25) is 5.91 Å². The summed E-state index contributed by atoms with van der Waals surface area (Å²) in [5.41, 5.74) is 2.33. The van der Waals surface area contributed by atoms with E-state index in [4.69, 9.17) is 4.74 Å². The van der Waals surface area contributed by atoms with Gasteiger partial charge in [0, 0.05) is 36.4 Å². The van der Waals surface area contributed by atoms with Crippen molar-refractivity contribution in [3.63, 3.8) is 0 Å². The van der Waals surface area contributed by atoms with Crippen LogP contribution in [-0.4, -0.2) is 49.8 Å². The van der Waals surface area contributed by atoms with Crippen LogP contribution in [0.1, 0.15) is 5.56 Å². The number of carbonyl (C=O) groups excluding carboxylic acids is 1. The van der Waals surface area contributed by atoms with E-state index in [0.29, 0.717) is 5.75 Å². The van der Waals surface area contributed by atoms with E-state index in [1.807, 2.05) is 41.3 Å². The highest BCUT2D eigenvalue weighted by Crippen LogP contribution is 2.28. The first-order valence-corrected chi connectivity index (χ1v) is 10.6. The second-order valence-electron chi connectivity index (χ2n) is 6.12. The number of ether oxygens (including phenoxy) is 1. The van der Waals surface area contributed by atoms with Crippen LogP contribution < -0.4 is 9.64 Å². The Morgan fingerprint density at radius 3 is 2.50 bits per heavy atom. The molecule has 138 valence electrons. The Balaban J connectivity index is 1.47. The smallest absolute Gasteiger partial charge is 0.232 e. The fourth-order valence-corrected chi connectivity index (χ4v) is 4.58. The lowest BCUT2D eigenvalue weighted by Gasteiger charge is -2.36. The Bertz CT molecular complexity index is 748. The van der Waals surface area contributed by atoms with Gasteiger partial charge in [-0.15, -0.1) is 11.8 Å². The van der Waals surface area contributed by atoms with E-state index in [9.17, 15) is 4.79 Å². The van der Waals surface area contributed by atoms with E-state index in [1.54, 1.807) is 18.9 Å². The number of para-hydroxylation sites is 2. The molecule has 1 saturated heterocycles. The maximum atomic E-state index is 12.5. The second-order valence-corrected chi connectivity index (χ2v) is 7.96. The number of anilines is 1. The van der Waals surface area contributed by atoms with Gasteiger partial charge in [-0.1, -0.05) is 46.3 Å². The van der Waals surface area contributed by atoms with E-state index in [2.05, 4.69) is 33.0 Å². The summed E-state index contributed by atoms with van der Waals surface area (Å²) in [6.07, 6.45) is 0. The molecule has 2 aromatic carbocycles. The highest BCUT2D eigenvalue weighted by atomic mass is 79.9. The molecule has 1 fully saturated rings. The van der Waals surface area contributed by atoms with Crippen LogP contribution in [0.5, 0.6) is 5.75 Å². The standard InChI is InChI=1S/C20H23BrN2O2S/c1-25-19-9-5-4-8-18(19)22-10-12-23(13-11-22)20(24)15-26-14-16-6-2-3-7-17(16)21/h2-9H,10-15H2,1H3. The fraction of sp³-hybridized carbons (Fsp3) is 0.350. The summed E-state index contributed by atoms with van der Waals surface area (Å²) in [6.45, 7) is 3.18. The van der Waals surface area contributed by atoms with Crippen molar-refractivity contribution in [1.82, 2.24) is 4.90 Å². The van der Waals surface area contributed by atoms with Crippen LogP contribution in [0.3, 0.4) is 0 Å². The average Bonchev–Trinajstić information content (AvgIpc) is 2.69. The summed E-state index contributed by atoms with van der Waals surface area (Å²) < 4.78 is 6.55. The quantitative estimate of drug-likeness (QED) is 0.686. The van der Waals surface area contributed by atoms with Gasteiger partial charge in [0.05, 0.1) is 18.6 Å². The molecule has 0 atom stereocenters. The molecule has 0 N–H and O–H groups in total. The zero-order valence-corrected chi connectivity index (χ0v) is 17.3. The molecular weight excluding hydrogens is 412 g/mol. The molecule has 26 heavy (non-hydrogen) atoms. The second kappa shape index (κ2) is 9.33. The minimum absolute atomic E-state index is 0.224. The molecule has 4 nitrogen and oxygen atoms in total. The van der Waals surface area contributed by atoms with Crippen molar-refractivity contribution in [2.45, 2.75) is 5.75 Å². The van der Waals surface area contributed by atoms with E-state index >= 15 is 0 Å². The summed E-state index contributed by atoms with van der Waals surface area (Å²) in [5.74, 6) is 2.47. The van der Waals surface area contributed by atoms with Gasteiger partial charge in [-0.25, -0.2) is 0 Å². The molecule has 2 aromatic rings. The molecule has 0 unspecified atom stereocenters. The van der Waals surface area contributed by atoms with Gasteiger partial charge in [0.1, 0.15) is 5.75 Å². The number of hydrogen-bond donors (Lipinski definition) is 0. The maximum absolute atomic E-state index is 12.5. The molecule has 1 amide bonds. The number of carbonyl (C=O) groups is 1. The van der Waals surface area contributed by atoms with E-state index < -0.39 is 0 Å². The molecule has 0 bridgehead atoms. The Kier molecular flexibility index (Phi) is 6.86. The van der Waals surface area contributed by atoms with Crippen LogP contribution in [0, 0.1) is 0 Å². The molecule has 0 saturated carbocycles. The van der Waals surface area contributed by atoms with Crippen molar-refractivity contribution in [2.24, 2.45) is 0 Å². The van der Waals surface area contributed by atoms with Crippen LogP contribution in [0.4, 0.5) is 5.69 Å². The number of amides is 1. The van der Waals surface area contributed by atoms with Crippen molar-refractivity contribution in [2.75, 3.05) is 43.9 Å². The van der Waals surface area contributed by atoms with Crippen molar-refractivity contribution >= 4 is 39.3 Å². The zero-order chi connectivity index (χ0) is 18.4. The molecule has 0 aliphatic carbocycles. The SMILES string of the molecule is COc1ccccc1N1CCN(C(=O)CSCc2ccccc2Br)CC1. The number of hydrogen-bond acceptors (Lipinski definition) is 4. The first kappa shape index (κ1) is 19.1. The summed E-state index contributed by atoms with van der Waals surface area (Å²) in [4.78, 5) is 16.7. The van der Waals surface area contributed by atoms with Gasteiger partial charge < -0.3 is 14.5 Å². The third kappa shape index (κ3) is 4.74. The van der Waals surface area contributed by atoms with Crippen LogP contribution in [0.2, 0.25) is 0 Å². The first-order valence-electron chi connectivity index (χ1n) is 8.66. The predicted molar refractivity (Wildman–Crippen MR) is 112 cm³/mol. The predicted octanol–water partition coefficient (Wildman–Crippen LogP) is 4.04. The van der Waals surface area contributed by atoms with Crippen molar-refractivity contribution in [1.29, 1.82) is 0 Å². The summed E-state index contributed by atoms with van der Waals surface area (Å²) >= 11 is 5.23. The monoisotopic (exact) mass is 434 g/mol. The van der Waals surface area contributed by atoms with E-state index in [-0.39, 0.29) is 5.91 Å². The number of benzene rings is 2. The highest BCUT2D eigenvalue weighted by molar-refractivity contribution is 9.10. The van der Waals surface area contributed by atoms with Crippen LogP contribution in [0.25, 0.3) is 0 Å². The minimum Gasteiger partial charge on any atom is -0.495 e. The van der Waals surface area contributed by atoms with E-state index in [0.717, 1.165) is 47.8 Å². The number of piperazine rings is 1. The molecule has 1 heterocycles. The van der Waals surface area contributed by atoms with Crippen LogP contribution >= 0.6 is 27.7 Å². The lowest BCUT2D eigenvalue weighted by Crippen LogP contribution is -2.49. The van der Waals surface area contributed by atoms with Crippen LogP contribution in [0.15, 0.2) is 53.0 Å². The molecule has 3 rings (SSSR count). The Morgan fingerprint density at radius 1 is 1.08 bits per heavy atom. The number of thioether (sulfide) groups is 1. The van der Waals surface area contributed by atoms with Crippen molar-refractivity contribution in [3.8, 4) is 5.75 Å². The largest absolute Gasteiger partial charge is 0.495 e. The third-order valence-corrected chi connectivity index (χ3v) is 6.24. The number of halogens is 1. The van der Waals surface area contributed by atoms with Gasteiger partial charge in [-0.05, 0) is 23.8 Å². The number of nitrogens with zero attached hydrogens (tertiary/aromatic N) is 2. The molecule has 1 aliphatic rings. The molecular formula is C20H23BrN2O2S. The first-order chi connectivity index (χ1) is 12.7. The Morgan fingerprint density at radius 2 is 1.77 bits per heavy atom. The summed E-state index contributed by atoms with van der Waals surface area (Å²) in [7, 11) is 1.70. The molecule has 0 radical (unpaired) electrons.